The molecule has 2 aromatic rings. The highest BCUT2D eigenvalue weighted by atomic mass is 32.1. The summed E-state index contributed by atoms with van der Waals surface area (Å²) < 4.78 is 6.43. The zero-order chi connectivity index (χ0) is 16.4. The SMILES string of the molecule is COc1cccc2sc(N(C)CC(=O)N3CCCC(C)C3)nc12. The number of methoxy groups -OCH3 is 1. The van der Waals surface area contributed by atoms with Crippen LogP contribution in [0.3, 0.4) is 0 Å². The van der Waals surface area contributed by atoms with Gasteiger partial charge in [0.25, 0.3) is 0 Å². The summed E-state index contributed by atoms with van der Waals surface area (Å²) in [5, 5.41) is 0.850. The summed E-state index contributed by atoms with van der Waals surface area (Å²) >= 11 is 1.59. The Balaban J connectivity index is 1.72. The third-order valence-electron chi connectivity index (χ3n) is 4.30. The van der Waals surface area contributed by atoms with Gasteiger partial charge in [0.15, 0.2) is 5.13 Å². The number of thiazole rings is 1. The molecule has 1 aliphatic heterocycles. The van der Waals surface area contributed by atoms with Crippen molar-refractivity contribution in [3.8, 4) is 5.75 Å². The number of ether oxygens (including phenoxy) is 1. The molecule has 0 aliphatic carbocycles. The number of rotatable bonds is 4. The van der Waals surface area contributed by atoms with Gasteiger partial charge in [-0.1, -0.05) is 24.3 Å². The number of aromatic nitrogens is 1. The third kappa shape index (κ3) is 3.42. The number of likely N-dealkylation sites (N-methyl/N-ethyl adjacent to an activating group) is 1. The molecule has 1 fully saturated rings. The van der Waals surface area contributed by atoms with E-state index in [-0.39, 0.29) is 5.91 Å². The van der Waals surface area contributed by atoms with E-state index in [2.05, 4.69) is 11.9 Å². The smallest absolute Gasteiger partial charge is 0.242 e. The lowest BCUT2D eigenvalue weighted by molar-refractivity contribution is -0.131. The number of hydrogen-bond donors (Lipinski definition) is 0. The Morgan fingerprint density at radius 3 is 3.09 bits per heavy atom. The first-order valence-electron chi connectivity index (χ1n) is 8.01. The molecule has 1 aromatic carbocycles. The zero-order valence-electron chi connectivity index (χ0n) is 13.9. The average molecular weight is 333 g/mol. The number of hydrogen-bond acceptors (Lipinski definition) is 5. The van der Waals surface area contributed by atoms with E-state index in [0.717, 1.165) is 40.6 Å². The summed E-state index contributed by atoms with van der Waals surface area (Å²) in [5.74, 6) is 1.56. The Hall–Kier alpha value is -1.82. The number of anilines is 1. The van der Waals surface area contributed by atoms with Gasteiger partial charge in [-0.25, -0.2) is 4.98 Å². The fraction of sp³-hybridized carbons (Fsp3) is 0.529. The van der Waals surface area contributed by atoms with Gasteiger partial charge in [-0.15, -0.1) is 0 Å². The van der Waals surface area contributed by atoms with E-state index < -0.39 is 0 Å². The third-order valence-corrected chi connectivity index (χ3v) is 5.43. The van der Waals surface area contributed by atoms with Crippen LogP contribution in [0.1, 0.15) is 19.8 Å². The van der Waals surface area contributed by atoms with Gasteiger partial charge in [-0.2, -0.15) is 0 Å². The van der Waals surface area contributed by atoms with Crippen LogP contribution in [0, 0.1) is 5.92 Å². The van der Waals surface area contributed by atoms with Crippen LogP contribution in [0.15, 0.2) is 18.2 Å². The van der Waals surface area contributed by atoms with Crippen molar-refractivity contribution in [1.82, 2.24) is 9.88 Å². The first-order chi connectivity index (χ1) is 11.1. The minimum atomic E-state index is 0.185. The van der Waals surface area contributed by atoms with Crippen molar-refractivity contribution in [2.45, 2.75) is 19.8 Å². The molecule has 2 heterocycles. The van der Waals surface area contributed by atoms with E-state index in [1.54, 1.807) is 18.4 Å². The molecule has 3 rings (SSSR count). The molecule has 5 nitrogen and oxygen atoms in total. The second-order valence-electron chi connectivity index (χ2n) is 6.25. The van der Waals surface area contributed by atoms with Crippen LogP contribution in [0.4, 0.5) is 5.13 Å². The van der Waals surface area contributed by atoms with Crippen molar-refractivity contribution in [1.29, 1.82) is 0 Å². The zero-order valence-corrected chi connectivity index (χ0v) is 14.7. The second kappa shape index (κ2) is 6.74. The van der Waals surface area contributed by atoms with Gasteiger partial charge in [0.2, 0.25) is 5.91 Å². The van der Waals surface area contributed by atoms with E-state index in [1.165, 1.54) is 6.42 Å². The van der Waals surface area contributed by atoms with Crippen molar-refractivity contribution in [3.63, 3.8) is 0 Å². The van der Waals surface area contributed by atoms with Crippen molar-refractivity contribution < 1.29 is 9.53 Å². The number of nitrogens with zero attached hydrogens (tertiary/aromatic N) is 3. The lowest BCUT2D eigenvalue weighted by atomic mass is 10.0. The Morgan fingerprint density at radius 2 is 2.35 bits per heavy atom. The van der Waals surface area contributed by atoms with Crippen LogP contribution < -0.4 is 9.64 Å². The van der Waals surface area contributed by atoms with Crippen molar-refractivity contribution in [2.75, 3.05) is 38.7 Å². The molecule has 0 bridgehead atoms. The standard InChI is InChI=1S/C17H23N3O2S/c1-12-6-5-9-20(10-12)15(21)11-19(2)17-18-16-13(22-3)7-4-8-14(16)23-17/h4,7-8,12H,5-6,9-11H2,1-3H3. The monoisotopic (exact) mass is 333 g/mol. The minimum absolute atomic E-state index is 0.185. The van der Waals surface area contributed by atoms with Crippen LogP contribution in [0.5, 0.6) is 5.75 Å². The number of carbonyl (C=O) groups is 1. The van der Waals surface area contributed by atoms with Gasteiger partial charge in [-0.3, -0.25) is 4.79 Å². The van der Waals surface area contributed by atoms with Crippen molar-refractivity contribution in [2.24, 2.45) is 5.92 Å². The highest BCUT2D eigenvalue weighted by Crippen LogP contribution is 2.33. The Labute approximate surface area is 140 Å². The molecule has 1 aliphatic rings. The average Bonchev–Trinajstić information content (AvgIpc) is 2.99. The molecule has 0 radical (unpaired) electrons. The molecule has 23 heavy (non-hydrogen) atoms. The van der Waals surface area contributed by atoms with Gasteiger partial charge in [0.05, 0.1) is 18.4 Å². The Morgan fingerprint density at radius 1 is 1.52 bits per heavy atom. The molecule has 1 unspecified atom stereocenters. The van der Waals surface area contributed by atoms with E-state index in [9.17, 15) is 4.79 Å². The largest absolute Gasteiger partial charge is 0.494 e. The molecule has 0 saturated carbocycles. The number of likely N-dealkylation sites (tertiary alicyclic amines) is 1. The predicted octanol–water partition coefficient (Wildman–Crippen LogP) is 3.00. The number of carbonyl (C=O) groups excluding carboxylic acids is 1. The molecule has 124 valence electrons. The quantitative estimate of drug-likeness (QED) is 0.863. The number of fused-ring (bicyclic) bond motifs is 1. The summed E-state index contributed by atoms with van der Waals surface area (Å²) in [6.07, 6.45) is 2.33. The van der Waals surface area contributed by atoms with Crippen LogP contribution in [0.25, 0.3) is 10.2 Å². The molecule has 1 atom stereocenters. The summed E-state index contributed by atoms with van der Waals surface area (Å²) in [6.45, 7) is 4.34. The molecular weight excluding hydrogens is 310 g/mol. The van der Waals surface area contributed by atoms with Gasteiger partial charge in [-0.05, 0) is 30.9 Å². The number of para-hydroxylation sites is 1. The summed E-state index contributed by atoms with van der Waals surface area (Å²) in [5.41, 5.74) is 0.862. The maximum atomic E-state index is 12.5. The van der Waals surface area contributed by atoms with Crippen LogP contribution in [0.2, 0.25) is 0 Å². The number of benzene rings is 1. The molecule has 0 spiro atoms. The van der Waals surface area contributed by atoms with Crippen molar-refractivity contribution in [3.05, 3.63) is 18.2 Å². The van der Waals surface area contributed by atoms with E-state index >= 15 is 0 Å². The lowest BCUT2D eigenvalue weighted by Crippen LogP contribution is -2.44. The highest BCUT2D eigenvalue weighted by molar-refractivity contribution is 7.22. The maximum absolute atomic E-state index is 12.5. The van der Waals surface area contributed by atoms with Crippen molar-refractivity contribution >= 4 is 32.6 Å². The fourth-order valence-corrected chi connectivity index (χ4v) is 3.97. The van der Waals surface area contributed by atoms with Crippen LogP contribution in [-0.4, -0.2) is 49.6 Å². The van der Waals surface area contributed by atoms with Gasteiger partial charge >= 0.3 is 0 Å². The van der Waals surface area contributed by atoms with Gasteiger partial charge < -0.3 is 14.5 Å². The number of piperidine rings is 1. The van der Waals surface area contributed by atoms with Crippen LogP contribution in [-0.2, 0) is 4.79 Å². The molecule has 1 amide bonds. The molecular formula is C17H23N3O2S. The fourth-order valence-electron chi connectivity index (χ4n) is 3.03. The summed E-state index contributed by atoms with van der Waals surface area (Å²) in [6, 6.07) is 5.90. The molecule has 1 aromatic heterocycles. The van der Waals surface area contributed by atoms with Crippen LogP contribution >= 0.6 is 11.3 Å². The summed E-state index contributed by atoms with van der Waals surface area (Å²) in [7, 11) is 3.58. The highest BCUT2D eigenvalue weighted by Gasteiger charge is 2.22. The molecule has 6 heteroatoms. The Kier molecular flexibility index (Phi) is 4.71. The lowest BCUT2D eigenvalue weighted by Gasteiger charge is -2.32. The normalized spacial score (nSPS) is 18.2. The summed E-state index contributed by atoms with van der Waals surface area (Å²) in [4.78, 5) is 21.1. The number of amides is 1. The maximum Gasteiger partial charge on any atom is 0.242 e. The first-order valence-corrected chi connectivity index (χ1v) is 8.82. The topological polar surface area (TPSA) is 45.7 Å². The van der Waals surface area contributed by atoms with Gasteiger partial charge in [0.1, 0.15) is 11.3 Å². The van der Waals surface area contributed by atoms with E-state index in [4.69, 9.17) is 4.74 Å². The van der Waals surface area contributed by atoms with Gasteiger partial charge in [0, 0.05) is 20.1 Å². The Bertz CT molecular complexity index is 700. The second-order valence-corrected chi connectivity index (χ2v) is 7.26. The molecule has 1 saturated heterocycles. The molecule has 0 N–H and O–H groups in total. The van der Waals surface area contributed by atoms with E-state index in [0.29, 0.717) is 12.5 Å². The van der Waals surface area contributed by atoms with E-state index in [1.807, 2.05) is 35.0 Å². The minimum Gasteiger partial charge on any atom is -0.494 e. The first kappa shape index (κ1) is 16.1. The predicted molar refractivity (Wildman–Crippen MR) is 94.4 cm³/mol.